The van der Waals surface area contributed by atoms with E-state index in [2.05, 4.69) is 27.7 Å². The van der Waals surface area contributed by atoms with Crippen LogP contribution in [0.2, 0.25) is 0 Å². The van der Waals surface area contributed by atoms with Crippen LogP contribution in [0.3, 0.4) is 0 Å². The van der Waals surface area contributed by atoms with Crippen molar-refractivity contribution in [3.63, 3.8) is 0 Å². The van der Waals surface area contributed by atoms with E-state index in [1.807, 2.05) is 0 Å². The van der Waals surface area contributed by atoms with E-state index in [4.69, 9.17) is 4.74 Å². The number of carbonyl (C=O) groups excluding carboxylic acids is 1. The van der Waals surface area contributed by atoms with E-state index in [-0.39, 0.29) is 17.5 Å². The Labute approximate surface area is 178 Å². The van der Waals surface area contributed by atoms with E-state index < -0.39 is 0 Å². The molecule has 1 N–H and O–H groups in total. The Morgan fingerprint density at radius 3 is 2.59 bits per heavy atom. The van der Waals surface area contributed by atoms with Gasteiger partial charge in [0.2, 0.25) is 0 Å². The second-order valence-corrected chi connectivity index (χ2v) is 11.9. The van der Waals surface area contributed by atoms with Crippen LogP contribution in [0.25, 0.3) is 0 Å². The summed E-state index contributed by atoms with van der Waals surface area (Å²) in [6.45, 7) is 9.74. The number of rotatable bonds is 4. The zero-order valence-corrected chi connectivity index (χ0v) is 19.5. The minimum absolute atomic E-state index is 0.0296. The second-order valence-electron chi connectivity index (χ2n) is 11.9. The minimum Gasteiger partial charge on any atom is -0.469 e. The molecule has 0 aromatic carbocycles. The lowest BCUT2D eigenvalue weighted by Gasteiger charge is -2.62. The normalized spacial score (nSPS) is 50.2. The lowest BCUT2D eigenvalue weighted by molar-refractivity contribution is -0.171. The summed E-state index contributed by atoms with van der Waals surface area (Å²) in [5, 5.41) is 11.6. The van der Waals surface area contributed by atoms with Crippen molar-refractivity contribution < 1.29 is 14.6 Å². The molecule has 4 rings (SSSR count). The number of carbonyl (C=O) groups is 1. The van der Waals surface area contributed by atoms with Gasteiger partial charge in [-0.3, -0.25) is 4.79 Å². The van der Waals surface area contributed by atoms with E-state index in [1.165, 1.54) is 52.1 Å². The molecule has 10 atom stereocenters. The molecule has 0 aliphatic heterocycles. The highest BCUT2D eigenvalue weighted by Gasteiger charge is 2.63. The molecule has 29 heavy (non-hydrogen) atoms. The number of methoxy groups -OCH3 is 1. The first-order valence-electron chi connectivity index (χ1n) is 12.5. The Bertz CT molecular complexity index is 617. The number of fused-ring (bicyclic) bond motifs is 5. The first-order valence-corrected chi connectivity index (χ1v) is 12.5. The summed E-state index contributed by atoms with van der Waals surface area (Å²) >= 11 is 0. The fraction of sp³-hybridized carbons (Fsp3) is 0.962. The second kappa shape index (κ2) is 7.84. The fourth-order valence-corrected chi connectivity index (χ4v) is 9.05. The summed E-state index contributed by atoms with van der Waals surface area (Å²) in [6, 6.07) is 0. The average molecular weight is 405 g/mol. The molecule has 4 fully saturated rings. The third-order valence-electron chi connectivity index (χ3n) is 10.8. The van der Waals surface area contributed by atoms with E-state index in [0.29, 0.717) is 35.5 Å². The standard InChI is InChI=1S/C26H44O3/c1-16-12-13-25(3)18(14-16)7-8-19-21-10-9-20(17(2)6-11-24(28)29-5)26(21,4)23(27)15-22(19)25/h16-23,27H,6-15H2,1-5H3/t16-,17-,18-,19?,20?,21?,22?,23-,25+,26-/m1/s1. The molecule has 4 unspecified atom stereocenters. The molecule has 166 valence electrons. The van der Waals surface area contributed by atoms with Gasteiger partial charge in [0.15, 0.2) is 0 Å². The van der Waals surface area contributed by atoms with Gasteiger partial charge in [-0.25, -0.2) is 0 Å². The molecule has 0 heterocycles. The Hall–Kier alpha value is -0.570. The Balaban J connectivity index is 1.53. The van der Waals surface area contributed by atoms with Crippen LogP contribution < -0.4 is 0 Å². The van der Waals surface area contributed by atoms with Gasteiger partial charge < -0.3 is 9.84 Å². The Morgan fingerprint density at radius 1 is 1.10 bits per heavy atom. The van der Waals surface area contributed by atoms with Crippen LogP contribution in [0.5, 0.6) is 0 Å². The minimum atomic E-state index is -0.184. The topological polar surface area (TPSA) is 46.5 Å². The van der Waals surface area contributed by atoms with Crippen molar-refractivity contribution in [2.24, 2.45) is 52.3 Å². The van der Waals surface area contributed by atoms with Crippen molar-refractivity contribution >= 4 is 5.97 Å². The largest absolute Gasteiger partial charge is 0.469 e. The first kappa shape index (κ1) is 21.7. The van der Waals surface area contributed by atoms with Crippen molar-refractivity contribution in [3.05, 3.63) is 0 Å². The molecule has 4 aliphatic carbocycles. The maximum Gasteiger partial charge on any atom is 0.305 e. The lowest BCUT2D eigenvalue weighted by atomic mass is 9.43. The van der Waals surface area contributed by atoms with Gasteiger partial charge in [0.05, 0.1) is 13.2 Å². The zero-order chi connectivity index (χ0) is 21.0. The molecule has 0 radical (unpaired) electrons. The molecule has 3 nitrogen and oxygen atoms in total. The Kier molecular flexibility index (Phi) is 5.86. The SMILES string of the molecule is COC(=O)CC[C@@H](C)C1CCC2C3CC[C@@H]4C[C@H](C)CC[C@]4(C)C3C[C@@H](O)[C@@]21C. The third kappa shape index (κ3) is 3.38. The number of hydrogen-bond acceptors (Lipinski definition) is 3. The fourth-order valence-electron chi connectivity index (χ4n) is 9.05. The maximum atomic E-state index is 11.7. The van der Waals surface area contributed by atoms with Crippen molar-refractivity contribution in [2.45, 2.75) is 98.0 Å². The van der Waals surface area contributed by atoms with E-state index >= 15 is 0 Å². The lowest BCUT2D eigenvalue weighted by Crippen LogP contribution is -2.58. The highest BCUT2D eigenvalue weighted by Crippen LogP contribution is 2.68. The van der Waals surface area contributed by atoms with Crippen LogP contribution in [0, 0.1) is 52.3 Å². The summed E-state index contributed by atoms with van der Waals surface area (Å²) in [5.41, 5.74) is 0.480. The Morgan fingerprint density at radius 2 is 1.86 bits per heavy atom. The van der Waals surface area contributed by atoms with Crippen LogP contribution >= 0.6 is 0 Å². The molecule has 0 amide bonds. The van der Waals surface area contributed by atoms with Gasteiger partial charge >= 0.3 is 5.97 Å². The van der Waals surface area contributed by atoms with Gasteiger partial charge in [-0.2, -0.15) is 0 Å². The van der Waals surface area contributed by atoms with E-state index in [1.54, 1.807) is 0 Å². The van der Waals surface area contributed by atoms with Crippen molar-refractivity contribution in [1.29, 1.82) is 0 Å². The number of esters is 1. The van der Waals surface area contributed by atoms with Crippen LogP contribution in [-0.4, -0.2) is 24.3 Å². The summed E-state index contributed by atoms with van der Waals surface area (Å²) in [4.78, 5) is 11.7. The van der Waals surface area contributed by atoms with Crippen molar-refractivity contribution in [1.82, 2.24) is 0 Å². The molecule has 0 aromatic heterocycles. The molecule has 0 saturated heterocycles. The number of aliphatic hydroxyl groups excluding tert-OH is 1. The predicted molar refractivity (Wildman–Crippen MR) is 116 cm³/mol. The van der Waals surface area contributed by atoms with Gasteiger partial charge in [-0.05, 0) is 104 Å². The molecule has 0 aromatic rings. The summed E-state index contributed by atoms with van der Waals surface area (Å²) in [7, 11) is 1.48. The maximum absolute atomic E-state index is 11.7. The van der Waals surface area contributed by atoms with Crippen molar-refractivity contribution in [3.8, 4) is 0 Å². The van der Waals surface area contributed by atoms with Gasteiger partial charge in [0, 0.05) is 6.42 Å². The number of aliphatic hydroxyl groups is 1. The van der Waals surface area contributed by atoms with Crippen LogP contribution in [-0.2, 0) is 9.53 Å². The van der Waals surface area contributed by atoms with Gasteiger partial charge in [-0.15, -0.1) is 0 Å². The highest BCUT2D eigenvalue weighted by atomic mass is 16.5. The number of hydrogen-bond donors (Lipinski definition) is 1. The van der Waals surface area contributed by atoms with Gasteiger partial charge in [0.25, 0.3) is 0 Å². The molecule has 3 heteroatoms. The monoisotopic (exact) mass is 404 g/mol. The van der Waals surface area contributed by atoms with Crippen LogP contribution in [0.4, 0.5) is 0 Å². The summed E-state index contributed by atoms with van der Waals surface area (Å²) < 4.78 is 4.87. The number of ether oxygens (including phenoxy) is 1. The first-order chi connectivity index (χ1) is 13.7. The quantitative estimate of drug-likeness (QED) is 0.599. The van der Waals surface area contributed by atoms with Crippen LogP contribution in [0.15, 0.2) is 0 Å². The predicted octanol–water partition coefficient (Wildman–Crippen LogP) is 5.84. The van der Waals surface area contributed by atoms with E-state index in [9.17, 15) is 9.90 Å². The van der Waals surface area contributed by atoms with E-state index in [0.717, 1.165) is 30.6 Å². The molecule has 4 saturated carbocycles. The average Bonchev–Trinajstić information content (AvgIpc) is 3.06. The summed E-state index contributed by atoms with van der Waals surface area (Å²) in [5.74, 6) is 4.84. The molecule has 0 bridgehead atoms. The van der Waals surface area contributed by atoms with Gasteiger partial charge in [0.1, 0.15) is 0 Å². The third-order valence-corrected chi connectivity index (χ3v) is 10.8. The zero-order valence-electron chi connectivity index (χ0n) is 19.5. The van der Waals surface area contributed by atoms with Gasteiger partial charge in [-0.1, -0.05) is 34.1 Å². The smallest absolute Gasteiger partial charge is 0.305 e. The highest BCUT2D eigenvalue weighted by molar-refractivity contribution is 5.69. The molecular weight excluding hydrogens is 360 g/mol. The molecule has 4 aliphatic rings. The van der Waals surface area contributed by atoms with Crippen molar-refractivity contribution in [2.75, 3.05) is 7.11 Å². The van der Waals surface area contributed by atoms with Crippen LogP contribution in [0.1, 0.15) is 91.9 Å². The summed E-state index contributed by atoms with van der Waals surface area (Å²) in [6.07, 6.45) is 11.7. The molecular formula is C26H44O3. The molecule has 0 spiro atoms.